The number of rotatable bonds is 3. The van der Waals surface area contributed by atoms with Crippen LogP contribution in [-0.4, -0.2) is 26.5 Å². The van der Waals surface area contributed by atoms with Gasteiger partial charge in [-0.3, -0.25) is 15.3 Å². The monoisotopic (exact) mass is 339 g/mol. The molecule has 0 atom stereocenters. The van der Waals surface area contributed by atoms with Crippen LogP contribution in [0.1, 0.15) is 5.56 Å². The number of furan rings is 1. The Hall–Kier alpha value is -3.19. The van der Waals surface area contributed by atoms with Crippen LogP contribution in [0.5, 0.6) is 5.75 Å². The van der Waals surface area contributed by atoms with Crippen molar-refractivity contribution >= 4 is 28.3 Å². The maximum absolute atomic E-state index is 10.4. The number of para-hydroxylation sites is 2. The Kier molecular flexibility index (Phi) is 5.06. The van der Waals surface area contributed by atoms with Crippen LogP contribution in [0.4, 0.5) is 11.6 Å². The molecule has 0 radical (unpaired) electrons. The molecule has 2 aromatic carbocycles. The second-order valence-corrected chi connectivity index (χ2v) is 5.13. The third kappa shape index (κ3) is 3.36. The molecule has 2 heterocycles. The Labute approximate surface area is 144 Å². The highest BCUT2D eigenvalue weighted by atomic mass is 16.6. The van der Waals surface area contributed by atoms with Gasteiger partial charge in [0.15, 0.2) is 0 Å². The van der Waals surface area contributed by atoms with Gasteiger partial charge >= 0.3 is 0 Å². The lowest BCUT2D eigenvalue weighted by molar-refractivity contribution is 0.271. The fourth-order valence-corrected chi connectivity index (χ4v) is 2.54. The van der Waals surface area contributed by atoms with E-state index in [9.17, 15) is 4.91 Å². The van der Waals surface area contributed by atoms with Crippen molar-refractivity contribution in [3.63, 3.8) is 0 Å². The Bertz CT molecular complexity index is 918. The van der Waals surface area contributed by atoms with Crippen LogP contribution in [0.15, 0.2) is 63.1 Å². The number of nitroso groups, excluding NO2 is 1. The second-order valence-electron chi connectivity index (χ2n) is 5.13. The standard InChI is InChI=1S/C9H8N2O3.C9H9NO/c1-13-11-8-6-4-2-3-5-7(6)14-9(8)10-12;1-10-8-6-11-9-5-3-2-4-7(8)9/h2-5,11H,1H3;2-5H,6H2,1H3. The maximum atomic E-state index is 10.4. The van der Waals surface area contributed by atoms with E-state index in [0.717, 1.165) is 22.4 Å². The van der Waals surface area contributed by atoms with Gasteiger partial charge in [-0.05, 0) is 24.3 Å². The largest absolute Gasteiger partial charge is 0.487 e. The molecule has 1 N–H and O–H groups in total. The zero-order chi connectivity index (χ0) is 17.6. The summed E-state index contributed by atoms with van der Waals surface area (Å²) in [7, 11) is 3.25. The van der Waals surface area contributed by atoms with Crippen LogP contribution in [0.3, 0.4) is 0 Å². The van der Waals surface area contributed by atoms with E-state index in [-0.39, 0.29) is 5.88 Å². The normalized spacial score (nSPS) is 13.8. The highest BCUT2D eigenvalue weighted by Gasteiger charge is 2.16. The average Bonchev–Trinajstić information content (AvgIpc) is 3.24. The predicted molar refractivity (Wildman–Crippen MR) is 96.7 cm³/mol. The van der Waals surface area contributed by atoms with Gasteiger partial charge in [0.2, 0.25) is 0 Å². The SMILES string of the molecule is CN=C1COc2ccccc21.CONc1c(N=O)oc2ccccc12. The molecule has 0 saturated heterocycles. The van der Waals surface area contributed by atoms with E-state index in [2.05, 4.69) is 15.6 Å². The Morgan fingerprint density at radius 2 is 1.88 bits per heavy atom. The van der Waals surface area contributed by atoms with Crippen molar-refractivity contribution in [3.8, 4) is 5.75 Å². The first-order valence-electron chi connectivity index (χ1n) is 7.60. The summed E-state index contributed by atoms with van der Waals surface area (Å²) in [5, 5.41) is 3.53. The van der Waals surface area contributed by atoms with E-state index >= 15 is 0 Å². The lowest BCUT2D eigenvalue weighted by atomic mass is 10.1. The number of aliphatic imine (C=N–C) groups is 1. The lowest BCUT2D eigenvalue weighted by Gasteiger charge is -1.98. The van der Waals surface area contributed by atoms with Crippen LogP contribution in [0.25, 0.3) is 11.0 Å². The van der Waals surface area contributed by atoms with Gasteiger partial charge in [-0.2, -0.15) is 0 Å². The summed E-state index contributed by atoms with van der Waals surface area (Å²) in [4.78, 5) is 19.3. The van der Waals surface area contributed by atoms with Crippen molar-refractivity contribution < 1.29 is 14.0 Å². The van der Waals surface area contributed by atoms with Gasteiger partial charge in [-0.15, -0.1) is 4.91 Å². The van der Waals surface area contributed by atoms with E-state index in [4.69, 9.17) is 14.0 Å². The molecule has 0 fully saturated rings. The molecule has 7 heteroatoms. The second kappa shape index (κ2) is 7.59. The highest BCUT2D eigenvalue weighted by molar-refractivity contribution is 6.06. The summed E-state index contributed by atoms with van der Waals surface area (Å²) in [6.07, 6.45) is 0. The summed E-state index contributed by atoms with van der Waals surface area (Å²) < 4.78 is 10.6. The number of hydrogen-bond donors (Lipinski definition) is 1. The van der Waals surface area contributed by atoms with Crippen molar-refractivity contribution in [3.05, 3.63) is 59.0 Å². The summed E-state index contributed by atoms with van der Waals surface area (Å²) in [5.41, 5.74) is 5.79. The van der Waals surface area contributed by atoms with E-state index in [1.54, 1.807) is 13.1 Å². The Morgan fingerprint density at radius 1 is 1.12 bits per heavy atom. The van der Waals surface area contributed by atoms with Crippen molar-refractivity contribution in [2.75, 3.05) is 26.2 Å². The number of anilines is 1. The molecule has 1 aliphatic rings. The van der Waals surface area contributed by atoms with Gasteiger partial charge in [0.1, 0.15) is 23.6 Å². The first kappa shape index (κ1) is 16.7. The quantitative estimate of drug-likeness (QED) is 0.568. The summed E-state index contributed by atoms with van der Waals surface area (Å²) in [6.45, 7) is 0.621. The molecule has 0 aliphatic carbocycles. The zero-order valence-electron chi connectivity index (χ0n) is 13.9. The summed E-state index contributed by atoms with van der Waals surface area (Å²) >= 11 is 0. The fourth-order valence-electron chi connectivity index (χ4n) is 2.54. The number of benzene rings is 2. The number of nitrogens with one attached hydrogen (secondary N) is 1. The number of ether oxygens (including phenoxy) is 1. The van der Waals surface area contributed by atoms with Crippen LogP contribution >= 0.6 is 0 Å². The van der Waals surface area contributed by atoms with Crippen LogP contribution in [0, 0.1) is 4.91 Å². The molecule has 0 saturated carbocycles. The molecule has 0 bridgehead atoms. The van der Waals surface area contributed by atoms with Crippen LogP contribution < -0.4 is 10.2 Å². The third-order valence-electron chi connectivity index (χ3n) is 3.70. The van der Waals surface area contributed by atoms with E-state index < -0.39 is 0 Å². The summed E-state index contributed by atoms with van der Waals surface area (Å²) in [6, 6.07) is 15.2. The van der Waals surface area contributed by atoms with Crippen molar-refractivity contribution in [2.45, 2.75) is 0 Å². The van der Waals surface area contributed by atoms with Crippen LogP contribution in [-0.2, 0) is 4.84 Å². The molecule has 0 unspecified atom stereocenters. The molecule has 128 valence electrons. The molecule has 1 aliphatic heterocycles. The molecule has 3 aromatic rings. The maximum Gasteiger partial charge on any atom is 0.287 e. The van der Waals surface area contributed by atoms with E-state index in [1.165, 1.54) is 7.11 Å². The molecule has 0 amide bonds. The molecule has 4 rings (SSSR count). The number of hydrogen-bond acceptors (Lipinski definition) is 7. The smallest absolute Gasteiger partial charge is 0.287 e. The number of nitrogens with zero attached hydrogens (tertiary/aromatic N) is 2. The third-order valence-corrected chi connectivity index (χ3v) is 3.70. The molecule has 0 spiro atoms. The Morgan fingerprint density at radius 3 is 2.64 bits per heavy atom. The zero-order valence-corrected chi connectivity index (χ0v) is 13.9. The van der Waals surface area contributed by atoms with Gasteiger partial charge in [0.05, 0.1) is 12.8 Å². The van der Waals surface area contributed by atoms with Crippen molar-refractivity contribution in [1.29, 1.82) is 0 Å². The van der Waals surface area contributed by atoms with E-state index in [1.807, 2.05) is 42.5 Å². The predicted octanol–water partition coefficient (Wildman–Crippen LogP) is 4.30. The van der Waals surface area contributed by atoms with Gasteiger partial charge in [-0.25, -0.2) is 0 Å². The first-order chi connectivity index (χ1) is 12.3. The van der Waals surface area contributed by atoms with Gasteiger partial charge in [0.25, 0.3) is 5.88 Å². The van der Waals surface area contributed by atoms with Gasteiger partial charge in [-0.1, -0.05) is 24.3 Å². The van der Waals surface area contributed by atoms with Gasteiger partial charge < -0.3 is 9.15 Å². The molecular formula is C18H17N3O4. The number of fused-ring (bicyclic) bond motifs is 2. The minimum atomic E-state index is -0.00644. The van der Waals surface area contributed by atoms with Gasteiger partial charge in [0, 0.05) is 23.2 Å². The molecular weight excluding hydrogens is 322 g/mol. The fraction of sp³-hybridized carbons (Fsp3) is 0.167. The molecule has 25 heavy (non-hydrogen) atoms. The highest BCUT2D eigenvalue weighted by Crippen LogP contribution is 2.36. The minimum absolute atomic E-state index is 0.00644. The minimum Gasteiger partial charge on any atom is -0.487 e. The van der Waals surface area contributed by atoms with E-state index in [0.29, 0.717) is 17.9 Å². The molecule has 1 aromatic heterocycles. The average molecular weight is 339 g/mol. The Balaban J connectivity index is 0.000000150. The first-order valence-corrected chi connectivity index (χ1v) is 7.60. The topological polar surface area (TPSA) is 85.4 Å². The van der Waals surface area contributed by atoms with Crippen molar-refractivity contribution in [2.24, 2.45) is 10.2 Å². The summed E-state index contributed by atoms with van der Waals surface area (Å²) in [5.74, 6) is 0.946. The molecule has 7 nitrogen and oxygen atoms in total. The van der Waals surface area contributed by atoms with Crippen LogP contribution in [0.2, 0.25) is 0 Å². The lowest BCUT2D eigenvalue weighted by Crippen LogP contribution is -2.01. The van der Waals surface area contributed by atoms with Crippen molar-refractivity contribution in [1.82, 2.24) is 0 Å².